The van der Waals surface area contributed by atoms with E-state index in [1.54, 1.807) is 0 Å². The number of aliphatic hydroxyl groups is 2. The Hall–Kier alpha value is -1.66. The number of hydrogen-bond donors (Lipinski definition) is 2. The molecule has 1 saturated heterocycles. The summed E-state index contributed by atoms with van der Waals surface area (Å²) < 4.78 is 11.4. The molecule has 0 amide bonds. The molecule has 8 atom stereocenters. The van der Waals surface area contributed by atoms with Gasteiger partial charge in [-0.1, -0.05) is 38.5 Å². The number of cyclic esters (lactones) is 1. The Kier molecular flexibility index (Phi) is 7.40. The Bertz CT molecular complexity index is 710. The molecule has 2 N–H and O–H groups in total. The second-order valence-corrected chi connectivity index (χ2v) is 9.40. The third-order valence-electron chi connectivity index (χ3n) is 7.20. The number of esters is 2. The van der Waals surface area contributed by atoms with E-state index < -0.39 is 12.2 Å². The van der Waals surface area contributed by atoms with E-state index in [1.165, 1.54) is 5.57 Å². The first kappa shape index (κ1) is 23.0. The zero-order valence-corrected chi connectivity index (χ0v) is 18.5. The molecule has 0 radical (unpaired) electrons. The van der Waals surface area contributed by atoms with Gasteiger partial charge in [0.2, 0.25) is 0 Å². The molecule has 0 aromatic carbocycles. The molecule has 2 aliphatic carbocycles. The van der Waals surface area contributed by atoms with Crippen LogP contribution in [-0.4, -0.2) is 46.6 Å². The fraction of sp³-hybridized carbons (Fsp3) is 0.750. The van der Waals surface area contributed by atoms with E-state index in [4.69, 9.17) is 9.47 Å². The molecule has 6 heteroatoms. The van der Waals surface area contributed by atoms with Gasteiger partial charge < -0.3 is 19.7 Å². The van der Waals surface area contributed by atoms with Crippen LogP contribution >= 0.6 is 0 Å². The van der Waals surface area contributed by atoms with Gasteiger partial charge in [-0.2, -0.15) is 0 Å². The summed E-state index contributed by atoms with van der Waals surface area (Å²) in [5.74, 6) is -0.204. The Balaban J connectivity index is 1.79. The van der Waals surface area contributed by atoms with Crippen molar-refractivity contribution in [3.05, 3.63) is 23.3 Å². The molecular weight excluding hydrogens is 384 g/mol. The van der Waals surface area contributed by atoms with Gasteiger partial charge in [-0.15, -0.1) is 0 Å². The van der Waals surface area contributed by atoms with Gasteiger partial charge >= 0.3 is 11.9 Å². The molecule has 0 bridgehead atoms. The smallest absolute Gasteiger partial charge is 0.308 e. The molecule has 1 heterocycles. The molecule has 0 spiro atoms. The average Bonchev–Trinajstić information content (AvgIpc) is 2.67. The van der Waals surface area contributed by atoms with Crippen LogP contribution in [0.15, 0.2) is 23.3 Å². The SMILES string of the molecule is CCC(C)C(=O)OC1CC(O)C=C2C=C(C)C(C)C(CCC3CC(O)CC(=O)O3)C21. The number of hydrogen-bond acceptors (Lipinski definition) is 6. The molecule has 6 nitrogen and oxygen atoms in total. The predicted octanol–water partition coefficient (Wildman–Crippen LogP) is 3.31. The van der Waals surface area contributed by atoms with Gasteiger partial charge in [-0.3, -0.25) is 9.59 Å². The van der Waals surface area contributed by atoms with Crippen LogP contribution in [0.5, 0.6) is 0 Å². The van der Waals surface area contributed by atoms with Gasteiger partial charge in [0.05, 0.1) is 24.5 Å². The third-order valence-corrected chi connectivity index (χ3v) is 7.20. The maximum absolute atomic E-state index is 12.5. The van der Waals surface area contributed by atoms with E-state index >= 15 is 0 Å². The minimum Gasteiger partial charge on any atom is -0.462 e. The van der Waals surface area contributed by atoms with E-state index in [1.807, 2.05) is 19.9 Å². The topological polar surface area (TPSA) is 93.1 Å². The molecule has 0 aromatic rings. The highest BCUT2D eigenvalue weighted by atomic mass is 16.6. The fourth-order valence-electron chi connectivity index (χ4n) is 5.11. The first-order chi connectivity index (χ1) is 14.2. The van der Waals surface area contributed by atoms with Crippen molar-refractivity contribution in [2.24, 2.45) is 23.7 Å². The van der Waals surface area contributed by atoms with E-state index in [0.29, 0.717) is 19.3 Å². The second-order valence-electron chi connectivity index (χ2n) is 9.40. The standard InChI is InChI=1S/C24H36O6/c1-5-13(2)24(28)30-21-11-17(25)9-16-8-14(3)15(4)20(23(16)21)7-6-19-10-18(26)12-22(27)29-19/h8-9,13,15,17-21,23,25-26H,5-7,10-12H2,1-4H3. The molecule has 1 aliphatic heterocycles. The Labute approximate surface area is 179 Å². The van der Waals surface area contributed by atoms with Crippen molar-refractivity contribution in [2.75, 3.05) is 0 Å². The lowest BCUT2D eigenvalue weighted by Crippen LogP contribution is -2.44. The Morgan fingerprint density at radius 2 is 2.03 bits per heavy atom. The fourth-order valence-corrected chi connectivity index (χ4v) is 5.11. The Morgan fingerprint density at radius 3 is 2.70 bits per heavy atom. The number of carbonyl (C=O) groups is 2. The Morgan fingerprint density at radius 1 is 1.30 bits per heavy atom. The summed E-state index contributed by atoms with van der Waals surface area (Å²) in [5.41, 5.74) is 2.28. The number of rotatable bonds is 6. The molecule has 168 valence electrons. The van der Waals surface area contributed by atoms with Crippen LogP contribution in [0.25, 0.3) is 0 Å². The van der Waals surface area contributed by atoms with Crippen LogP contribution in [0.3, 0.4) is 0 Å². The van der Waals surface area contributed by atoms with Crippen molar-refractivity contribution in [1.82, 2.24) is 0 Å². The number of ether oxygens (including phenoxy) is 2. The summed E-state index contributed by atoms with van der Waals surface area (Å²) in [4.78, 5) is 24.2. The first-order valence-electron chi connectivity index (χ1n) is 11.4. The monoisotopic (exact) mass is 420 g/mol. The van der Waals surface area contributed by atoms with Crippen molar-refractivity contribution in [1.29, 1.82) is 0 Å². The van der Waals surface area contributed by atoms with Gasteiger partial charge in [0, 0.05) is 18.8 Å². The quantitative estimate of drug-likeness (QED) is 0.641. The molecule has 3 rings (SSSR count). The number of carbonyl (C=O) groups excluding carboxylic acids is 2. The molecular formula is C24H36O6. The zero-order valence-electron chi connectivity index (χ0n) is 18.5. The predicted molar refractivity (Wildman–Crippen MR) is 112 cm³/mol. The lowest BCUT2D eigenvalue weighted by atomic mass is 9.64. The van der Waals surface area contributed by atoms with E-state index in [-0.39, 0.29) is 54.2 Å². The van der Waals surface area contributed by atoms with E-state index in [2.05, 4.69) is 19.9 Å². The van der Waals surface area contributed by atoms with Crippen LogP contribution in [0.4, 0.5) is 0 Å². The van der Waals surface area contributed by atoms with E-state index in [0.717, 1.165) is 18.4 Å². The zero-order chi connectivity index (χ0) is 22.0. The van der Waals surface area contributed by atoms with Crippen molar-refractivity contribution >= 4 is 11.9 Å². The van der Waals surface area contributed by atoms with Crippen LogP contribution in [0.1, 0.15) is 66.2 Å². The molecule has 0 saturated carbocycles. The minimum absolute atomic E-state index is 0.0179. The van der Waals surface area contributed by atoms with Crippen LogP contribution in [0, 0.1) is 23.7 Å². The van der Waals surface area contributed by atoms with Gasteiger partial charge in [-0.05, 0) is 43.6 Å². The number of fused-ring (bicyclic) bond motifs is 1. The highest BCUT2D eigenvalue weighted by Gasteiger charge is 2.44. The summed E-state index contributed by atoms with van der Waals surface area (Å²) >= 11 is 0. The number of allylic oxidation sites excluding steroid dienone is 2. The van der Waals surface area contributed by atoms with Crippen molar-refractivity contribution < 1.29 is 29.3 Å². The maximum Gasteiger partial charge on any atom is 0.308 e. The average molecular weight is 421 g/mol. The highest BCUT2D eigenvalue weighted by Crippen LogP contribution is 2.46. The summed E-state index contributed by atoms with van der Waals surface area (Å²) in [6.45, 7) is 8.12. The highest BCUT2D eigenvalue weighted by molar-refractivity contribution is 5.72. The molecule has 0 aromatic heterocycles. The molecule has 30 heavy (non-hydrogen) atoms. The third kappa shape index (κ3) is 5.14. The largest absolute Gasteiger partial charge is 0.462 e. The normalized spacial score (nSPS) is 37.4. The summed E-state index contributed by atoms with van der Waals surface area (Å²) in [7, 11) is 0. The van der Waals surface area contributed by atoms with Crippen molar-refractivity contribution in [2.45, 2.75) is 90.6 Å². The van der Waals surface area contributed by atoms with Crippen molar-refractivity contribution in [3.63, 3.8) is 0 Å². The first-order valence-corrected chi connectivity index (χ1v) is 11.4. The maximum atomic E-state index is 12.5. The van der Waals surface area contributed by atoms with Gasteiger partial charge in [0.15, 0.2) is 0 Å². The van der Waals surface area contributed by atoms with Gasteiger partial charge in [0.1, 0.15) is 12.2 Å². The van der Waals surface area contributed by atoms with Crippen LogP contribution in [0.2, 0.25) is 0 Å². The van der Waals surface area contributed by atoms with E-state index in [9.17, 15) is 19.8 Å². The molecule has 8 unspecified atom stereocenters. The van der Waals surface area contributed by atoms with Gasteiger partial charge in [0.25, 0.3) is 0 Å². The minimum atomic E-state index is -0.633. The summed E-state index contributed by atoms with van der Waals surface area (Å²) in [6.07, 6.45) is 5.26. The molecule has 3 aliphatic rings. The molecule has 1 fully saturated rings. The summed E-state index contributed by atoms with van der Waals surface area (Å²) in [5, 5.41) is 20.3. The number of aliphatic hydroxyl groups excluding tert-OH is 2. The van der Waals surface area contributed by atoms with Crippen LogP contribution in [-0.2, 0) is 19.1 Å². The van der Waals surface area contributed by atoms with Crippen LogP contribution < -0.4 is 0 Å². The summed E-state index contributed by atoms with van der Waals surface area (Å²) in [6, 6.07) is 0. The second kappa shape index (κ2) is 9.65. The van der Waals surface area contributed by atoms with Crippen molar-refractivity contribution in [3.8, 4) is 0 Å². The lowest BCUT2D eigenvalue weighted by Gasteiger charge is -2.44. The lowest BCUT2D eigenvalue weighted by molar-refractivity contribution is -0.162. The van der Waals surface area contributed by atoms with Gasteiger partial charge in [-0.25, -0.2) is 0 Å².